The molecule has 0 saturated carbocycles. The Kier molecular flexibility index (Phi) is 7.85. The van der Waals surface area contributed by atoms with Crippen LogP contribution in [-0.4, -0.2) is 33.5 Å². The number of carbonyl (C=O) groups is 1. The van der Waals surface area contributed by atoms with Crippen LogP contribution in [0.1, 0.15) is 17.0 Å². The van der Waals surface area contributed by atoms with Crippen LogP contribution in [0.3, 0.4) is 0 Å². The molecular weight excluding hydrogens is 513 g/mol. The number of ether oxygens (including phenoxy) is 1. The SMILES string of the molecule is COc1ccc(-n2c(Cc3ccccc3)nnc2SCC(=O)Nc2ccc(Cl)c(C(F)(F)F)c2)cc1. The van der Waals surface area contributed by atoms with Crippen molar-refractivity contribution in [2.24, 2.45) is 0 Å². The highest BCUT2D eigenvalue weighted by molar-refractivity contribution is 7.99. The minimum Gasteiger partial charge on any atom is -0.497 e. The van der Waals surface area contributed by atoms with Crippen LogP contribution in [0.4, 0.5) is 18.9 Å². The van der Waals surface area contributed by atoms with E-state index in [2.05, 4.69) is 15.5 Å². The van der Waals surface area contributed by atoms with Gasteiger partial charge in [-0.3, -0.25) is 9.36 Å². The monoisotopic (exact) mass is 532 g/mol. The summed E-state index contributed by atoms with van der Waals surface area (Å²) in [6.07, 6.45) is -4.12. The Morgan fingerprint density at radius 3 is 2.44 bits per heavy atom. The third kappa shape index (κ3) is 6.19. The van der Waals surface area contributed by atoms with E-state index in [-0.39, 0.29) is 11.4 Å². The molecule has 3 aromatic carbocycles. The molecule has 36 heavy (non-hydrogen) atoms. The molecule has 4 rings (SSSR count). The Balaban J connectivity index is 1.54. The van der Waals surface area contributed by atoms with Gasteiger partial charge in [0.1, 0.15) is 11.6 Å². The largest absolute Gasteiger partial charge is 0.497 e. The topological polar surface area (TPSA) is 69.0 Å². The number of carbonyl (C=O) groups excluding carboxylic acids is 1. The summed E-state index contributed by atoms with van der Waals surface area (Å²) < 4.78 is 46.4. The number of rotatable bonds is 8. The Morgan fingerprint density at radius 2 is 1.78 bits per heavy atom. The van der Waals surface area contributed by atoms with Gasteiger partial charge in [-0.05, 0) is 48.0 Å². The van der Waals surface area contributed by atoms with Gasteiger partial charge < -0.3 is 10.1 Å². The molecule has 186 valence electrons. The van der Waals surface area contributed by atoms with Gasteiger partial charge in [0.05, 0.1) is 23.4 Å². The number of halogens is 4. The highest BCUT2D eigenvalue weighted by Gasteiger charge is 2.33. The maximum Gasteiger partial charge on any atom is 0.417 e. The molecule has 0 atom stereocenters. The van der Waals surface area contributed by atoms with Crippen molar-refractivity contribution in [3.05, 3.63) is 94.8 Å². The number of nitrogens with zero attached hydrogens (tertiary/aromatic N) is 3. The average molecular weight is 533 g/mol. The molecule has 4 aromatic rings. The number of hydrogen-bond acceptors (Lipinski definition) is 5. The third-order valence-corrected chi connectivity index (χ3v) is 6.38. The zero-order chi connectivity index (χ0) is 25.7. The zero-order valence-corrected chi connectivity index (χ0v) is 20.5. The van der Waals surface area contributed by atoms with E-state index in [1.807, 2.05) is 59.2 Å². The van der Waals surface area contributed by atoms with Gasteiger partial charge >= 0.3 is 6.18 Å². The Labute approximate surface area is 214 Å². The van der Waals surface area contributed by atoms with E-state index in [1.54, 1.807) is 7.11 Å². The van der Waals surface area contributed by atoms with Crippen molar-refractivity contribution in [3.8, 4) is 11.4 Å². The van der Waals surface area contributed by atoms with Crippen LogP contribution in [0.2, 0.25) is 5.02 Å². The molecule has 0 bridgehead atoms. The molecule has 0 radical (unpaired) electrons. The van der Waals surface area contributed by atoms with Crippen molar-refractivity contribution in [1.29, 1.82) is 0 Å². The maximum absolute atomic E-state index is 13.1. The summed E-state index contributed by atoms with van der Waals surface area (Å²) in [6.45, 7) is 0. The van der Waals surface area contributed by atoms with Gasteiger partial charge in [0, 0.05) is 17.8 Å². The van der Waals surface area contributed by atoms with Crippen LogP contribution in [0, 0.1) is 0 Å². The summed E-state index contributed by atoms with van der Waals surface area (Å²) >= 11 is 6.77. The van der Waals surface area contributed by atoms with Crippen LogP contribution in [0.15, 0.2) is 78.0 Å². The molecule has 1 heterocycles. The lowest BCUT2D eigenvalue weighted by Gasteiger charge is -2.12. The van der Waals surface area contributed by atoms with Crippen LogP contribution in [0.25, 0.3) is 5.69 Å². The summed E-state index contributed by atoms with van der Waals surface area (Å²) in [7, 11) is 1.58. The molecule has 1 amide bonds. The first-order chi connectivity index (χ1) is 17.2. The van der Waals surface area contributed by atoms with Crippen LogP contribution in [-0.2, 0) is 17.4 Å². The number of amides is 1. The number of alkyl halides is 3. The predicted molar refractivity (Wildman–Crippen MR) is 133 cm³/mol. The van der Waals surface area contributed by atoms with E-state index in [9.17, 15) is 18.0 Å². The van der Waals surface area contributed by atoms with Gasteiger partial charge in [0.2, 0.25) is 5.91 Å². The molecular formula is C25H20ClF3N4O2S. The number of aromatic nitrogens is 3. The lowest BCUT2D eigenvalue weighted by molar-refractivity contribution is -0.137. The van der Waals surface area contributed by atoms with Crippen molar-refractivity contribution in [3.63, 3.8) is 0 Å². The number of thioether (sulfide) groups is 1. The first-order valence-electron chi connectivity index (χ1n) is 10.7. The van der Waals surface area contributed by atoms with E-state index in [0.717, 1.165) is 35.1 Å². The van der Waals surface area contributed by atoms with Gasteiger partial charge in [0.25, 0.3) is 0 Å². The maximum atomic E-state index is 13.1. The number of benzene rings is 3. The molecule has 1 aromatic heterocycles. The summed E-state index contributed by atoms with van der Waals surface area (Å²) in [5, 5.41) is 11.1. The average Bonchev–Trinajstić information content (AvgIpc) is 3.26. The first kappa shape index (κ1) is 25.6. The number of anilines is 1. The molecule has 0 aliphatic heterocycles. The second-order valence-corrected chi connectivity index (χ2v) is 8.97. The molecule has 6 nitrogen and oxygen atoms in total. The van der Waals surface area contributed by atoms with E-state index in [4.69, 9.17) is 16.3 Å². The minimum atomic E-state index is -4.63. The Hall–Kier alpha value is -3.50. The summed E-state index contributed by atoms with van der Waals surface area (Å²) in [5.41, 5.74) is 0.803. The standard InChI is InChI=1S/C25H20ClF3N4O2S/c1-35-19-10-8-18(9-11-19)33-22(13-16-5-3-2-4-6-16)31-32-24(33)36-15-23(34)30-17-7-12-21(26)20(14-17)25(27,28)29/h2-12,14H,13,15H2,1H3,(H,30,34). The second-order valence-electron chi connectivity index (χ2n) is 7.62. The highest BCUT2D eigenvalue weighted by Crippen LogP contribution is 2.36. The normalized spacial score (nSPS) is 11.4. The van der Waals surface area contributed by atoms with E-state index in [0.29, 0.717) is 23.2 Å². The minimum absolute atomic E-state index is 0.00119. The van der Waals surface area contributed by atoms with E-state index < -0.39 is 22.7 Å². The second kappa shape index (κ2) is 11.0. The smallest absolute Gasteiger partial charge is 0.417 e. The fourth-order valence-corrected chi connectivity index (χ4v) is 4.42. The third-order valence-electron chi connectivity index (χ3n) is 5.12. The lowest BCUT2D eigenvalue weighted by atomic mass is 10.1. The highest BCUT2D eigenvalue weighted by atomic mass is 35.5. The zero-order valence-electron chi connectivity index (χ0n) is 18.9. The first-order valence-corrected chi connectivity index (χ1v) is 12.0. The fourth-order valence-electron chi connectivity index (χ4n) is 3.42. The molecule has 0 saturated heterocycles. The Bertz CT molecular complexity index is 1350. The molecule has 0 fully saturated rings. The number of hydrogen-bond donors (Lipinski definition) is 1. The van der Waals surface area contributed by atoms with Crippen molar-refractivity contribution < 1.29 is 22.7 Å². The van der Waals surface area contributed by atoms with Crippen LogP contribution >= 0.6 is 23.4 Å². The van der Waals surface area contributed by atoms with Crippen molar-refractivity contribution in [2.75, 3.05) is 18.2 Å². The van der Waals surface area contributed by atoms with Crippen molar-refractivity contribution >= 4 is 35.0 Å². The summed E-state index contributed by atoms with van der Waals surface area (Å²) in [6, 6.07) is 20.3. The van der Waals surface area contributed by atoms with Gasteiger partial charge in [-0.1, -0.05) is 53.7 Å². The van der Waals surface area contributed by atoms with Crippen LogP contribution in [0.5, 0.6) is 5.75 Å². The van der Waals surface area contributed by atoms with Gasteiger partial charge in [0.15, 0.2) is 5.16 Å². The fraction of sp³-hybridized carbons (Fsp3) is 0.160. The van der Waals surface area contributed by atoms with Gasteiger partial charge in [-0.15, -0.1) is 10.2 Å². The van der Waals surface area contributed by atoms with Crippen LogP contribution < -0.4 is 10.1 Å². The molecule has 0 spiro atoms. The predicted octanol–water partition coefficient (Wildman–Crippen LogP) is 6.27. The molecule has 0 aliphatic rings. The molecule has 0 aliphatic carbocycles. The quantitative estimate of drug-likeness (QED) is 0.271. The van der Waals surface area contributed by atoms with E-state index in [1.165, 1.54) is 6.07 Å². The van der Waals surface area contributed by atoms with Gasteiger partial charge in [-0.25, -0.2) is 0 Å². The van der Waals surface area contributed by atoms with Gasteiger partial charge in [-0.2, -0.15) is 13.2 Å². The number of nitrogens with one attached hydrogen (secondary N) is 1. The summed E-state index contributed by atoms with van der Waals surface area (Å²) in [5.74, 6) is 0.765. The van der Waals surface area contributed by atoms with E-state index >= 15 is 0 Å². The molecule has 0 unspecified atom stereocenters. The van der Waals surface area contributed by atoms with Crippen molar-refractivity contribution in [1.82, 2.24) is 14.8 Å². The Morgan fingerprint density at radius 1 is 1.06 bits per heavy atom. The molecule has 1 N–H and O–H groups in total. The number of methoxy groups -OCH3 is 1. The molecule has 11 heteroatoms. The summed E-state index contributed by atoms with van der Waals surface area (Å²) in [4.78, 5) is 12.5. The lowest BCUT2D eigenvalue weighted by Crippen LogP contribution is -2.16. The van der Waals surface area contributed by atoms with Crippen molar-refractivity contribution in [2.45, 2.75) is 17.8 Å².